The van der Waals surface area contributed by atoms with Crippen molar-refractivity contribution < 1.29 is 23.1 Å². The summed E-state index contributed by atoms with van der Waals surface area (Å²) >= 11 is 1.67. The maximum Gasteiger partial charge on any atom is 0.417 e. The van der Waals surface area contributed by atoms with Crippen LogP contribution in [-0.4, -0.2) is 29.1 Å². The largest absolute Gasteiger partial charge is 0.478 e. The topological polar surface area (TPSA) is 49.3 Å². The summed E-state index contributed by atoms with van der Waals surface area (Å²) in [7, 11) is 0. The zero-order valence-corrected chi connectivity index (χ0v) is 11.9. The minimum atomic E-state index is -4.67. The molecule has 7 heteroatoms. The molecule has 112 valence electrons. The van der Waals surface area contributed by atoms with E-state index in [1.807, 2.05) is 13.2 Å². The highest BCUT2D eigenvalue weighted by atomic mass is 32.2. The molecule has 1 aromatic carbocycles. The zero-order chi connectivity index (χ0) is 15.3. The SMILES string of the molecule is CSCCC(C)Nc1ccc(C(F)(F)F)c(C(=O)O)c1. The second-order valence-corrected chi connectivity index (χ2v) is 5.38. The van der Waals surface area contributed by atoms with Crippen LogP contribution in [0.4, 0.5) is 18.9 Å². The van der Waals surface area contributed by atoms with Crippen LogP contribution in [0, 0.1) is 0 Å². The first kappa shape index (κ1) is 16.7. The smallest absolute Gasteiger partial charge is 0.417 e. The molecular weight excluding hydrogens is 291 g/mol. The van der Waals surface area contributed by atoms with Crippen molar-refractivity contribution in [2.45, 2.75) is 25.6 Å². The van der Waals surface area contributed by atoms with Crippen molar-refractivity contribution in [1.29, 1.82) is 0 Å². The molecule has 0 spiro atoms. The van der Waals surface area contributed by atoms with Gasteiger partial charge < -0.3 is 10.4 Å². The summed E-state index contributed by atoms with van der Waals surface area (Å²) in [6, 6.07) is 3.14. The predicted octanol–water partition coefficient (Wildman–Crippen LogP) is 3.96. The lowest BCUT2D eigenvalue weighted by molar-refractivity contribution is -0.138. The quantitative estimate of drug-likeness (QED) is 0.835. The highest BCUT2D eigenvalue weighted by molar-refractivity contribution is 7.98. The van der Waals surface area contributed by atoms with E-state index in [1.165, 1.54) is 6.07 Å². The number of carbonyl (C=O) groups is 1. The number of aromatic carboxylic acids is 1. The lowest BCUT2D eigenvalue weighted by atomic mass is 10.1. The minimum absolute atomic E-state index is 0.0563. The van der Waals surface area contributed by atoms with Crippen LogP contribution in [0.5, 0.6) is 0 Å². The van der Waals surface area contributed by atoms with Gasteiger partial charge >= 0.3 is 12.1 Å². The minimum Gasteiger partial charge on any atom is -0.478 e. The van der Waals surface area contributed by atoms with Gasteiger partial charge in [0.05, 0.1) is 11.1 Å². The van der Waals surface area contributed by atoms with Crippen LogP contribution < -0.4 is 5.32 Å². The number of halogens is 3. The Morgan fingerprint density at radius 3 is 2.60 bits per heavy atom. The lowest BCUT2D eigenvalue weighted by Crippen LogP contribution is -2.18. The highest BCUT2D eigenvalue weighted by Crippen LogP contribution is 2.33. The van der Waals surface area contributed by atoms with Gasteiger partial charge in [-0.15, -0.1) is 0 Å². The van der Waals surface area contributed by atoms with E-state index >= 15 is 0 Å². The van der Waals surface area contributed by atoms with Gasteiger partial charge in [0.1, 0.15) is 0 Å². The van der Waals surface area contributed by atoms with Crippen LogP contribution in [0.25, 0.3) is 0 Å². The number of rotatable bonds is 6. The molecule has 0 saturated heterocycles. The van der Waals surface area contributed by atoms with E-state index in [4.69, 9.17) is 5.11 Å². The summed E-state index contributed by atoms with van der Waals surface area (Å²) in [4.78, 5) is 10.9. The summed E-state index contributed by atoms with van der Waals surface area (Å²) in [6.07, 6.45) is -1.87. The molecule has 0 heterocycles. The maximum absolute atomic E-state index is 12.7. The van der Waals surface area contributed by atoms with Crippen molar-refractivity contribution in [2.24, 2.45) is 0 Å². The number of hydrogen-bond donors (Lipinski definition) is 2. The molecule has 1 unspecified atom stereocenters. The van der Waals surface area contributed by atoms with Crippen molar-refractivity contribution >= 4 is 23.4 Å². The molecule has 3 nitrogen and oxygen atoms in total. The summed E-state index contributed by atoms with van der Waals surface area (Å²) in [5.41, 5.74) is -1.49. The van der Waals surface area contributed by atoms with E-state index in [2.05, 4.69) is 5.32 Å². The first-order valence-electron chi connectivity index (χ1n) is 5.95. The number of hydrogen-bond acceptors (Lipinski definition) is 3. The average Bonchev–Trinajstić information content (AvgIpc) is 2.34. The Balaban J connectivity index is 2.96. The zero-order valence-electron chi connectivity index (χ0n) is 11.1. The van der Waals surface area contributed by atoms with Gasteiger partial charge in [-0.25, -0.2) is 4.79 Å². The first-order chi connectivity index (χ1) is 9.25. The van der Waals surface area contributed by atoms with Crippen LogP contribution in [0.3, 0.4) is 0 Å². The summed E-state index contributed by atoms with van der Waals surface area (Å²) in [6.45, 7) is 1.90. The number of alkyl halides is 3. The summed E-state index contributed by atoms with van der Waals surface area (Å²) in [5, 5.41) is 11.9. The number of benzene rings is 1. The van der Waals surface area contributed by atoms with Crippen LogP contribution in [0.1, 0.15) is 29.3 Å². The molecule has 0 aliphatic rings. The van der Waals surface area contributed by atoms with Gasteiger partial charge in [-0.1, -0.05) is 0 Å². The fourth-order valence-corrected chi connectivity index (χ4v) is 2.30. The molecule has 0 radical (unpaired) electrons. The molecule has 1 rings (SSSR count). The Labute approximate surface area is 119 Å². The third kappa shape index (κ3) is 4.63. The molecule has 2 N–H and O–H groups in total. The van der Waals surface area contributed by atoms with E-state index in [0.717, 1.165) is 24.3 Å². The number of anilines is 1. The number of carboxylic acid groups (broad SMARTS) is 1. The van der Waals surface area contributed by atoms with Gasteiger partial charge in [-0.2, -0.15) is 24.9 Å². The van der Waals surface area contributed by atoms with Gasteiger partial charge in [0.15, 0.2) is 0 Å². The number of carboxylic acids is 1. The van der Waals surface area contributed by atoms with Gasteiger partial charge in [-0.3, -0.25) is 0 Å². The Morgan fingerprint density at radius 1 is 1.45 bits per heavy atom. The standard InChI is InChI=1S/C13H16F3NO2S/c1-8(5-6-20-2)17-9-3-4-11(13(14,15)16)10(7-9)12(18)19/h3-4,7-8,17H,5-6H2,1-2H3,(H,18,19). The van der Waals surface area contributed by atoms with Crippen LogP contribution >= 0.6 is 11.8 Å². The van der Waals surface area contributed by atoms with Gasteiger partial charge in [0, 0.05) is 11.7 Å². The number of nitrogens with one attached hydrogen (secondary N) is 1. The van der Waals surface area contributed by atoms with Crippen molar-refractivity contribution in [2.75, 3.05) is 17.3 Å². The normalized spacial score (nSPS) is 13.1. The molecule has 0 amide bonds. The third-order valence-electron chi connectivity index (χ3n) is 2.72. The molecule has 1 aromatic rings. The maximum atomic E-state index is 12.7. The summed E-state index contributed by atoms with van der Waals surface area (Å²) < 4.78 is 38.0. The molecule has 0 aliphatic heterocycles. The second kappa shape index (κ2) is 6.88. The van der Waals surface area contributed by atoms with Crippen molar-refractivity contribution in [3.63, 3.8) is 0 Å². The highest BCUT2D eigenvalue weighted by Gasteiger charge is 2.35. The van der Waals surface area contributed by atoms with Crippen LogP contribution in [-0.2, 0) is 6.18 Å². The van der Waals surface area contributed by atoms with E-state index in [-0.39, 0.29) is 6.04 Å². The Hall–Kier alpha value is -1.37. The van der Waals surface area contributed by atoms with E-state index in [9.17, 15) is 18.0 Å². The Bertz CT molecular complexity index is 477. The third-order valence-corrected chi connectivity index (χ3v) is 3.37. The van der Waals surface area contributed by atoms with Crippen LogP contribution in [0.2, 0.25) is 0 Å². The monoisotopic (exact) mass is 307 g/mol. The molecular formula is C13H16F3NO2S. The molecule has 0 aromatic heterocycles. The fourth-order valence-electron chi connectivity index (χ4n) is 1.71. The van der Waals surface area contributed by atoms with Crippen molar-refractivity contribution in [3.8, 4) is 0 Å². The Kier molecular flexibility index (Phi) is 5.74. The van der Waals surface area contributed by atoms with E-state index in [1.54, 1.807) is 11.8 Å². The lowest BCUT2D eigenvalue weighted by Gasteiger charge is -2.17. The van der Waals surface area contributed by atoms with Crippen molar-refractivity contribution in [1.82, 2.24) is 0 Å². The van der Waals surface area contributed by atoms with E-state index in [0.29, 0.717) is 5.69 Å². The van der Waals surface area contributed by atoms with E-state index < -0.39 is 23.3 Å². The fraction of sp³-hybridized carbons (Fsp3) is 0.462. The molecule has 0 bridgehead atoms. The first-order valence-corrected chi connectivity index (χ1v) is 7.35. The second-order valence-electron chi connectivity index (χ2n) is 4.39. The van der Waals surface area contributed by atoms with Crippen LogP contribution in [0.15, 0.2) is 18.2 Å². The number of thioether (sulfide) groups is 1. The van der Waals surface area contributed by atoms with Crippen molar-refractivity contribution in [3.05, 3.63) is 29.3 Å². The Morgan fingerprint density at radius 2 is 2.10 bits per heavy atom. The van der Waals surface area contributed by atoms with Gasteiger partial charge in [0.25, 0.3) is 0 Å². The average molecular weight is 307 g/mol. The molecule has 0 saturated carbocycles. The molecule has 0 fully saturated rings. The predicted molar refractivity (Wildman–Crippen MR) is 74.5 cm³/mol. The van der Waals surface area contributed by atoms with Gasteiger partial charge in [0.2, 0.25) is 0 Å². The molecule has 1 atom stereocenters. The summed E-state index contributed by atoms with van der Waals surface area (Å²) in [5.74, 6) is -0.668. The molecule has 0 aliphatic carbocycles. The van der Waals surface area contributed by atoms with Gasteiger partial charge in [-0.05, 0) is 43.6 Å². The molecule has 20 heavy (non-hydrogen) atoms.